The van der Waals surface area contributed by atoms with Crippen LogP contribution in [0.4, 0.5) is 0 Å². The number of hydrogen-bond donors (Lipinski definition) is 1. The lowest BCUT2D eigenvalue weighted by Gasteiger charge is -2.28. The molecule has 0 aliphatic heterocycles. The number of rotatable bonds is 8. The maximum absolute atomic E-state index is 12.3. The summed E-state index contributed by atoms with van der Waals surface area (Å²) >= 11 is 0. The molecular weight excluding hydrogens is 228 g/mol. The van der Waals surface area contributed by atoms with E-state index in [-0.39, 0.29) is 11.9 Å². The molecule has 18 heavy (non-hydrogen) atoms. The lowest BCUT2D eigenvalue weighted by molar-refractivity contribution is -0.134. The third-order valence-electron chi connectivity index (χ3n) is 3.62. The first-order valence-electron chi connectivity index (χ1n) is 7.22. The van der Waals surface area contributed by atoms with Gasteiger partial charge in [0.2, 0.25) is 5.91 Å². The van der Waals surface area contributed by atoms with E-state index < -0.39 is 0 Å². The highest BCUT2D eigenvalue weighted by molar-refractivity contribution is 5.76. The molecule has 1 amide bonds. The Hall–Kier alpha value is -0.610. The molecule has 2 N–H and O–H groups in total. The molecule has 0 aromatic rings. The molecule has 0 spiro atoms. The molecule has 0 atom stereocenters. The van der Waals surface area contributed by atoms with E-state index in [2.05, 4.69) is 13.8 Å². The van der Waals surface area contributed by atoms with Gasteiger partial charge in [-0.05, 0) is 32.6 Å². The van der Waals surface area contributed by atoms with Crippen LogP contribution >= 0.6 is 0 Å². The molecule has 0 aromatic carbocycles. The minimum absolute atomic E-state index is 0.250. The lowest BCUT2D eigenvalue weighted by Crippen LogP contribution is -2.40. The van der Waals surface area contributed by atoms with Crippen LogP contribution in [0.5, 0.6) is 0 Å². The minimum Gasteiger partial charge on any atom is -0.378 e. The second-order valence-corrected chi connectivity index (χ2v) is 5.44. The fourth-order valence-electron chi connectivity index (χ4n) is 2.60. The van der Waals surface area contributed by atoms with Gasteiger partial charge in [-0.25, -0.2) is 0 Å². The third kappa shape index (κ3) is 5.36. The first-order chi connectivity index (χ1) is 8.65. The fourth-order valence-corrected chi connectivity index (χ4v) is 2.60. The van der Waals surface area contributed by atoms with Crippen LogP contribution in [-0.2, 0) is 9.53 Å². The zero-order valence-corrected chi connectivity index (χ0v) is 11.9. The maximum atomic E-state index is 12.3. The average molecular weight is 256 g/mol. The molecule has 0 heterocycles. The van der Waals surface area contributed by atoms with Crippen molar-refractivity contribution in [3.63, 3.8) is 0 Å². The van der Waals surface area contributed by atoms with Crippen LogP contribution in [0.25, 0.3) is 0 Å². The first kappa shape index (κ1) is 15.4. The van der Waals surface area contributed by atoms with Crippen LogP contribution < -0.4 is 5.73 Å². The molecule has 1 aliphatic carbocycles. The molecule has 0 radical (unpaired) electrons. The van der Waals surface area contributed by atoms with Gasteiger partial charge >= 0.3 is 0 Å². The quantitative estimate of drug-likeness (QED) is 0.673. The summed E-state index contributed by atoms with van der Waals surface area (Å²) in [5.74, 6) is 0.900. The van der Waals surface area contributed by atoms with E-state index in [9.17, 15) is 4.79 Å². The van der Waals surface area contributed by atoms with Gasteiger partial charge in [0, 0.05) is 25.6 Å². The van der Waals surface area contributed by atoms with Crippen LogP contribution in [-0.4, -0.2) is 43.2 Å². The number of amides is 1. The van der Waals surface area contributed by atoms with Crippen molar-refractivity contribution in [2.75, 3.05) is 26.3 Å². The van der Waals surface area contributed by atoms with Gasteiger partial charge in [0.25, 0.3) is 0 Å². The molecule has 1 saturated carbocycles. The summed E-state index contributed by atoms with van der Waals surface area (Å²) in [5.41, 5.74) is 5.37. The monoisotopic (exact) mass is 256 g/mol. The molecule has 0 unspecified atom stereocenters. The molecular formula is C14H28N2O2. The number of carbonyl (C=O) groups is 1. The second kappa shape index (κ2) is 8.48. The molecule has 0 bridgehead atoms. The SMILES string of the molecule is CC(C)N(CCOCCN)C(=O)CC1CCCC1. The summed E-state index contributed by atoms with van der Waals surface area (Å²) in [7, 11) is 0. The van der Waals surface area contributed by atoms with E-state index in [1.54, 1.807) is 0 Å². The Morgan fingerprint density at radius 2 is 2.00 bits per heavy atom. The molecule has 106 valence electrons. The van der Waals surface area contributed by atoms with E-state index in [0.29, 0.717) is 32.2 Å². The molecule has 1 aliphatic rings. The number of carbonyl (C=O) groups excluding carboxylic acids is 1. The van der Waals surface area contributed by atoms with Crippen molar-refractivity contribution < 1.29 is 9.53 Å². The van der Waals surface area contributed by atoms with Gasteiger partial charge < -0.3 is 15.4 Å². The van der Waals surface area contributed by atoms with E-state index in [4.69, 9.17) is 10.5 Å². The maximum Gasteiger partial charge on any atom is 0.223 e. The number of nitrogens with two attached hydrogens (primary N) is 1. The zero-order chi connectivity index (χ0) is 13.4. The van der Waals surface area contributed by atoms with E-state index in [1.807, 2.05) is 4.90 Å². The highest BCUT2D eigenvalue weighted by atomic mass is 16.5. The third-order valence-corrected chi connectivity index (χ3v) is 3.62. The normalized spacial score (nSPS) is 16.4. The van der Waals surface area contributed by atoms with Crippen molar-refractivity contribution in [2.45, 2.75) is 52.0 Å². The van der Waals surface area contributed by atoms with Gasteiger partial charge in [-0.15, -0.1) is 0 Å². The van der Waals surface area contributed by atoms with Crippen molar-refractivity contribution >= 4 is 5.91 Å². The summed E-state index contributed by atoms with van der Waals surface area (Å²) in [6, 6.07) is 0.250. The van der Waals surface area contributed by atoms with Crippen molar-refractivity contribution in [3.05, 3.63) is 0 Å². The summed E-state index contributed by atoms with van der Waals surface area (Å²) in [5, 5.41) is 0. The summed E-state index contributed by atoms with van der Waals surface area (Å²) < 4.78 is 5.36. The van der Waals surface area contributed by atoms with E-state index >= 15 is 0 Å². The summed E-state index contributed by atoms with van der Waals surface area (Å²) in [4.78, 5) is 14.2. The Balaban J connectivity index is 2.32. The van der Waals surface area contributed by atoms with Crippen molar-refractivity contribution in [1.82, 2.24) is 4.90 Å². The lowest BCUT2D eigenvalue weighted by atomic mass is 10.0. The smallest absolute Gasteiger partial charge is 0.223 e. The van der Waals surface area contributed by atoms with Gasteiger partial charge in [0.05, 0.1) is 13.2 Å². The van der Waals surface area contributed by atoms with Crippen molar-refractivity contribution in [1.29, 1.82) is 0 Å². The van der Waals surface area contributed by atoms with E-state index in [1.165, 1.54) is 25.7 Å². The van der Waals surface area contributed by atoms with Crippen LogP contribution in [0.1, 0.15) is 46.0 Å². The Bertz CT molecular complexity index is 238. The zero-order valence-electron chi connectivity index (χ0n) is 11.9. The van der Waals surface area contributed by atoms with E-state index in [0.717, 1.165) is 6.42 Å². The molecule has 4 heteroatoms. The molecule has 4 nitrogen and oxygen atoms in total. The summed E-state index contributed by atoms with van der Waals surface area (Å²) in [6.07, 6.45) is 5.75. The summed E-state index contributed by atoms with van der Waals surface area (Å²) in [6.45, 7) is 6.51. The van der Waals surface area contributed by atoms with Crippen LogP contribution in [0.2, 0.25) is 0 Å². The van der Waals surface area contributed by atoms with Crippen LogP contribution in [0.3, 0.4) is 0 Å². The minimum atomic E-state index is 0.250. The second-order valence-electron chi connectivity index (χ2n) is 5.44. The van der Waals surface area contributed by atoms with Gasteiger partial charge in [-0.3, -0.25) is 4.79 Å². The standard InChI is InChI=1S/C14H28N2O2/c1-12(2)16(8-10-18-9-7-15)14(17)11-13-5-3-4-6-13/h12-13H,3-11,15H2,1-2H3. The van der Waals surface area contributed by atoms with Gasteiger partial charge in [-0.1, -0.05) is 12.8 Å². The van der Waals surface area contributed by atoms with Gasteiger partial charge in [-0.2, -0.15) is 0 Å². The Morgan fingerprint density at radius 1 is 1.33 bits per heavy atom. The Labute approximate surface area is 111 Å². The molecule has 1 fully saturated rings. The predicted octanol–water partition coefficient (Wildman–Crippen LogP) is 1.78. The number of hydrogen-bond acceptors (Lipinski definition) is 3. The Kier molecular flexibility index (Phi) is 7.28. The molecule has 0 aromatic heterocycles. The largest absolute Gasteiger partial charge is 0.378 e. The van der Waals surface area contributed by atoms with Crippen molar-refractivity contribution in [2.24, 2.45) is 11.7 Å². The highest BCUT2D eigenvalue weighted by Gasteiger charge is 2.23. The Morgan fingerprint density at radius 3 is 2.56 bits per heavy atom. The highest BCUT2D eigenvalue weighted by Crippen LogP contribution is 2.28. The van der Waals surface area contributed by atoms with Gasteiger partial charge in [0.1, 0.15) is 0 Å². The van der Waals surface area contributed by atoms with Gasteiger partial charge in [0.15, 0.2) is 0 Å². The first-order valence-corrected chi connectivity index (χ1v) is 7.22. The van der Waals surface area contributed by atoms with Crippen LogP contribution in [0.15, 0.2) is 0 Å². The van der Waals surface area contributed by atoms with Crippen molar-refractivity contribution in [3.8, 4) is 0 Å². The fraction of sp³-hybridized carbons (Fsp3) is 0.929. The number of nitrogens with zero attached hydrogens (tertiary/aromatic N) is 1. The molecule has 0 saturated heterocycles. The number of ether oxygens (including phenoxy) is 1. The van der Waals surface area contributed by atoms with Crippen LogP contribution in [0, 0.1) is 5.92 Å². The topological polar surface area (TPSA) is 55.6 Å². The predicted molar refractivity (Wildman–Crippen MR) is 73.3 cm³/mol. The molecule has 1 rings (SSSR count). The average Bonchev–Trinajstić information content (AvgIpc) is 2.81.